The fraction of sp³-hybridized carbons (Fsp3) is 1.00. The first-order valence-electron chi connectivity index (χ1n) is 8.09. The molecule has 0 aromatic rings. The zero-order valence-corrected chi connectivity index (χ0v) is 12.9. The molecule has 1 unspecified atom stereocenters. The van der Waals surface area contributed by atoms with Gasteiger partial charge in [0.05, 0.1) is 0 Å². The third kappa shape index (κ3) is 4.71. The minimum Gasteiger partial charge on any atom is -0.328 e. The number of rotatable bonds is 4. The number of nitrogens with zero attached hydrogens (tertiary/aromatic N) is 3. The number of piperidine rings is 1. The quantitative estimate of drug-likeness (QED) is 0.819. The predicted molar refractivity (Wildman–Crippen MR) is 81.4 cm³/mol. The molecule has 2 fully saturated rings. The van der Waals surface area contributed by atoms with Crippen LogP contribution in [0.4, 0.5) is 0 Å². The van der Waals surface area contributed by atoms with E-state index in [2.05, 4.69) is 28.7 Å². The average Bonchev–Trinajstić information content (AvgIpc) is 2.59. The second kappa shape index (κ2) is 7.58. The van der Waals surface area contributed by atoms with Gasteiger partial charge in [-0.15, -0.1) is 0 Å². The van der Waals surface area contributed by atoms with E-state index in [1.54, 1.807) is 0 Å². The van der Waals surface area contributed by atoms with E-state index in [1.165, 1.54) is 71.5 Å². The lowest BCUT2D eigenvalue weighted by Gasteiger charge is -2.34. The van der Waals surface area contributed by atoms with Crippen LogP contribution in [0.3, 0.4) is 0 Å². The zero-order chi connectivity index (χ0) is 13.7. The molecule has 2 rings (SSSR count). The normalized spacial score (nSPS) is 29.5. The van der Waals surface area contributed by atoms with Crippen molar-refractivity contribution in [3.05, 3.63) is 0 Å². The summed E-state index contributed by atoms with van der Waals surface area (Å²) in [5, 5.41) is 0. The molecule has 0 bridgehead atoms. The Labute approximate surface area is 118 Å². The van der Waals surface area contributed by atoms with Gasteiger partial charge in [0.25, 0.3) is 0 Å². The molecule has 112 valence electrons. The van der Waals surface area contributed by atoms with E-state index in [9.17, 15) is 0 Å². The van der Waals surface area contributed by atoms with Crippen LogP contribution in [-0.2, 0) is 0 Å². The summed E-state index contributed by atoms with van der Waals surface area (Å²) in [6.07, 6.45) is 4.95. The molecule has 4 nitrogen and oxygen atoms in total. The molecule has 4 heteroatoms. The highest BCUT2D eigenvalue weighted by Gasteiger charge is 2.23. The van der Waals surface area contributed by atoms with Gasteiger partial charge in [-0.1, -0.05) is 6.92 Å². The van der Waals surface area contributed by atoms with Crippen molar-refractivity contribution in [3.8, 4) is 0 Å². The lowest BCUT2D eigenvalue weighted by molar-refractivity contribution is 0.139. The third-order valence-corrected chi connectivity index (χ3v) is 4.83. The van der Waals surface area contributed by atoms with Crippen molar-refractivity contribution in [2.24, 2.45) is 5.73 Å². The monoisotopic (exact) mass is 268 g/mol. The van der Waals surface area contributed by atoms with Crippen LogP contribution in [0.5, 0.6) is 0 Å². The van der Waals surface area contributed by atoms with Crippen molar-refractivity contribution >= 4 is 0 Å². The molecule has 0 amide bonds. The molecule has 0 aromatic carbocycles. The molecule has 0 spiro atoms. The Hall–Kier alpha value is -0.160. The van der Waals surface area contributed by atoms with Gasteiger partial charge in [0, 0.05) is 31.7 Å². The fourth-order valence-corrected chi connectivity index (χ4v) is 3.42. The number of likely N-dealkylation sites (tertiary alicyclic amines) is 1. The minimum absolute atomic E-state index is 0.450. The van der Waals surface area contributed by atoms with Gasteiger partial charge in [-0.05, 0) is 58.9 Å². The van der Waals surface area contributed by atoms with Crippen LogP contribution in [-0.4, -0.2) is 79.6 Å². The molecular formula is C15H32N4. The van der Waals surface area contributed by atoms with Crippen LogP contribution in [0.25, 0.3) is 0 Å². The summed E-state index contributed by atoms with van der Waals surface area (Å²) >= 11 is 0. The van der Waals surface area contributed by atoms with Gasteiger partial charge in [-0.3, -0.25) is 4.90 Å². The predicted octanol–water partition coefficient (Wildman–Crippen LogP) is 0.826. The number of hydrogen-bond acceptors (Lipinski definition) is 4. The van der Waals surface area contributed by atoms with Crippen molar-refractivity contribution in [2.75, 3.05) is 52.9 Å². The third-order valence-electron chi connectivity index (χ3n) is 4.83. The standard InChI is InChI=1S/C15H32N4/c1-3-15-13-17(2)7-4-8-19(15)12-11-18-9-5-14(16)6-10-18/h14-15H,3-13,16H2,1-2H3. The molecule has 2 aliphatic heterocycles. The van der Waals surface area contributed by atoms with Gasteiger partial charge in [0.15, 0.2) is 0 Å². The van der Waals surface area contributed by atoms with Crippen LogP contribution in [0.15, 0.2) is 0 Å². The Morgan fingerprint density at radius 3 is 2.47 bits per heavy atom. The summed E-state index contributed by atoms with van der Waals surface area (Å²) in [6.45, 7) is 11.0. The van der Waals surface area contributed by atoms with Gasteiger partial charge in [0.1, 0.15) is 0 Å². The van der Waals surface area contributed by atoms with E-state index < -0.39 is 0 Å². The molecular weight excluding hydrogens is 236 g/mol. The fourth-order valence-electron chi connectivity index (χ4n) is 3.42. The SMILES string of the molecule is CCC1CN(C)CCCN1CCN1CCC(N)CC1. The summed E-state index contributed by atoms with van der Waals surface area (Å²) in [6, 6.07) is 1.20. The summed E-state index contributed by atoms with van der Waals surface area (Å²) < 4.78 is 0. The van der Waals surface area contributed by atoms with E-state index in [-0.39, 0.29) is 0 Å². The Morgan fingerprint density at radius 1 is 1.05 bits per heavy atom. The molecule has 0 aliphatic carbocycles. The van der Waals surface area contributed by atoms with E-state index in [0.717, 1.165) is 6.04 Å². The van der Waals surface area contributed by atoms with E-state index in [0.29, 0.717) is 6.04 Å². The lowest BCUT2D eigenvalue weighted by Crippen LogP contribution is -2.46. The van der Waals surface area contributed by atoms with Crippen LogP contribution in [0.1, 0.15) is 32.6 Å². The molecule has 2 aliphatic rings. The molecule has 2 N–H and O–H groups in total. The van der Waals surface area contributed by atoms with Gasteiger partial charge < -0.3 is 15.5 Å². The molecule has 0 radical (unpaired) electrons. The van der Waals surface area contributed by atoms with E-state index in [4.69, 9.17) is 5.73 Å². The van der Waals surface area contributed by atoms with Gasteiger partial charge in [-0.2, -0.15) is 0 Å². The Morgan fingerprint density at radius 2 is 1.79 bits per heavy atom. The summed E-state index contributed by atoms with van der Waals surface area (Å²) in [4.78, 5) is 7.82. The smallest absolute Gasteiger partial charge is 0.0220 e. The van der Waals surface area contributed by atoms with Crippen molar-refractivity contribution < 1.29 is 0 Å². The molecule has 19 heavy (non-hydrogen) atoms. The van der Waals surface area contributed by atoms with Crippen molar-refractivity contribution in [3.63, 3.8) is 0 Å². The summed E-state index contributed by atoms with van der Waals surface area (Å²) in [5.74, 6) is 0. The summed E-state index contributed by atoms with van der Waals surface area (Å²) in [5.41, 5.74) is 5.97. The first-order chi connectivity index (χ1) is 9.19. The zero-order valence-electron chi connectivity index (χ0n) is 12.9. The van der Waals surface area contributed by atoms with Crippen LogP contribution < -0.4 is 5.73 Å². The second-order valence-electron chi connectivity index (χ2n) is 6.39. The Kier molecular flexibility index (Phi) is 6.07. The highest BCUT2D eigenvalue weighted by atomic mass is 15.3. The van der Waals surface area contributed by atoms with Crippen LogP contribution in [0.2, 0.25) is 0 Å². The molecule has 2 saturated heterocycles. The molecule has 2 heterocycles. The highest BCUT2D eigenvalue weighted by molar-refractivity contribution is 4.80. The topological polar surface area (TPSA) is 35.7 Å². The maximum Gasteiger partial charge on any atom is 0.0220 e. The van der Waals surface area contributed by atoms with Crippen molar-refractivity contribution in [1.29, 1.82) is 0 Å². The molecule has 0 aromatic heterocycles. The Balaban J connectivity index is 1.76. The van der Waals surface area contributed by atoms with E-state index >= 15 is 0 Å². The van der Waals surface area contributed by atoms with Crippen LogP contribution in [0, 0.1) is 0 Å². The maximum absolute atomic E-state index is 5.97. The largest absolute Gasteiger partial charge is 0.328 e. The molecule has 0 saturated carbocycles. The first kappa shape index (κ1) is 15.2. The van der Waals surface area contributed by atoms with Crippen LogP contribution >= 0.6 is 0 Å². The number of likely N-dealkylation sites (N-methyl/N-ethyl adjacent to an activating group) is 1. The van der Waals surface area contributed by atoms with Gasteiger partial charge in [0.2, 0.25) is 0 Å². The minimum atomic E-state index is 0.450. The first-order valence-corrected chi connectivity index (χ1v) is 8.09. The van der Waals surface area contributed by atoms with Crippen molar-refractivity contribution in [1.82, 2.24) is 14.7 Å². The second-order valence-corrected chi connectivity index (χ2v) is 6.39. The van der Waals surface area contributed by atoms with E-state index in [1.807, 2.05) is 0 Å². The Bertz CT molecular complexity index is 251. The lowest BCUT2D eigenvalue weighted by atomic mass is 10.1. The number of hydrogen-bond donors (Lipinski definition) is 1. The summed E-state index contributed by atoms with van der Waals surface area (Å²) in [7, 11) is 2.26. The van der Waals surface area contributed by atoms with Gasteiger partial charge >= 0.3 is 0 Å². The maximum atomic E-state index is 5.97. The average molecular weight is 268 g/mol. The van der Waals surface area contributed by atoms with Gasteiger partial charge in [-0.25, -0.2) is 0 Å². The molecule has 1 atom stereocenters. The van der Waals surface area contributed by atoms with Crippen molar-refractivity contribution in [2.45, 2.75) is 44.7 Å². The number of nitrogens with two attached hydrogens (primary N) is 1. The highest BCUT2D eigenvalue weighted by Crippen LogP contribution is 2.13.